The van der Waals surface area contributed by atoms with E-state index >= 15 is 0 Å². The number of carbonyl (C=O) groups is 1. The molecule has 0 fully saturated rings. The van der Waals surface area contributed by atoms with Crippen molar-refractivity contribution in [2.45, 2.75) is 199 Å². The van der Waals surface area contributed by atoms with Gasteiger partial charge in [-0.15, -0.1) is 0 Å². The molecule has 8 heteroatoms. The fourth-order valence-corrected chi connectivity index (χ4v) is 6.40. The van der Waals surface area contributed by atoms with Gasteiger partial charge in [-0.3, -0.25) is 9.35 Å². The Hall–Kier alpha value is -1.48. The van der Waals surface area contributed by atoms with Gasteiger partial charge in [0.2, 0.25) is 5.91 Å². The second-order valence-electron chi connectivity index (χ2n) is 13.3. The molecular formula is C39H73NO6S. The number of hydrogen-bond acceptors (Lipinski definition) is 5. The summed E-state index contributed by atoms with van der Waals surface area (Å²) in [6, 6.07) is -1.23. The Morgan fingerprint density at radius 3 is 1.45 bits per heavy atom. The highest BCUT2D eigenvalue weighted by molar-refractivity contribution is 7.85. The van der Waals surface area contributed by atoms with Gasteiger partial charge in [-0.25, -0.2) is 0 Å². The van der Waals surface area contributed by atoms with Crippen LogP contribution in [0.1, 0.15) is 181 Å². The van der Waals surface area contributed by atoms with E-state index in [1.807, 2.05) is 0 Å². The van der Waals surface area contributed by atoms with Gasteiger partial charge >= 0.3 is 0 Å². The number of nitrogens with one attached hydrogen (secondary N) is 1. The lowest BCUT2D eigenvalue weighted by Gasteiger charge is -2.22. The Morgan fingerprint density at radius 2 is 1.00 bits per heavy atom. The van der Waals surface area contributed by atoms with E-state index in [1.165, 1.54) is 96.0 Å². The highest BCUT2D eigenvalue weighted by Gasteiger charge is 2.27. The number of aliphatic hydroxyl groups is 2. The number of allylic oxidation sites excluding steroid dienone is 5. The van der Waals surface area contributed by atoms with Crippen LogP contribution >= 0.6 is 0 Å². The van der Waals surface area contributed by atoms with Gasteiger partial charge in [-0.2, -0.15) is 8.42 Å². The van der Waals surface area contributed by atoms with Crippen LogP contribution in [0.2, 0.25) is 0 Å². The van der Waals surface area contributed by atoms with Crippen LogP contribution in [0.15, 0.2) is 36.5 Å². The van der Waals surface area contributed by atoms with Crippen molar-refractivity contribution >= 4 is 16.0 Å². The quantitative estimate of drug-likeness (QED) is 0.0304. The second-order valence-corrected chi connectivity index (χ2v) is 14.8. The van der Waals surface area contributed by atoms with Crippen molar-refractivity contribution in [2.75, 3.05) is 5.75 Å². The smallest absolute Gasteiger partial charge is 0.267 e. The lowest BCUT2D eigenvalue weighted by atomic mass is 10.0. The first-order valence-electron chi connectivity index (χ1n) is 19.3. The molecule has 0 aromatic carbocycles. The van der Waals surface area contributed by atoms with E-state index in [2.05, 4.69) is 43.5 Å². The molecule has 0 rings (SSSR count). The average molecular weight is 684 g/mol. The summed E-state index contributed by atoms with van der Waals surface area (Å²) in [6.45, 7) is 4.44. The van der Waals surface area contributed by atoms with Crippen molar-refractivity contribution in [2.24, 2.45) is 0 Å². The highest BCUT2D eigenvalue weighted by Crippen LogP contribution is 2.13. The molecule has 3 unspecified atom stereocenters. The molecule has 7 nitrogen and oxygen atoms in total. The van der Waals surface area contributed by atoms with Crippen molar-refractivity contribution in [3.63, 3.8) is 0 Å². The molecular weight excluding hydrogens is 610 g/mol. The maximum Gasteiger partial charge on any atom is 0.267 e. The zero-order valence-electron chi connectivity index (χ0n) is 30.3. The topological polar surface area (TPSA) is 124 Å². The molecule has 47 heavy (non-hydrogen) atoms. The molecule has 0 radical (unpaired) electrons. The van der Waals surface area contributed by atoms with Gasteiger partial charge in [0.25, 0.3) is 10.1 Å². The van der Waals surface area contributed by atoms with Gasteiger partial charge < -0.3 is 15.5 Å². The van der Waals surface area contributed by atoms with Crippen LogP contribution in [-0.4, -0.2) is 53.1 Å². The van der Waals surface area contributed by atoms with Gasteiger partial charge in [0.1, 0.15) is 6.10 Å². The first kappa shape index (κ1) is 45.5. The van der Waals surface area contributed by atoms with Crippen LogP contribution in [-0.2, 0) is 14.9 Å². The largest absolute Gasteiger partial charge is 0.387 e. The molecule has 0 spiro atoms. The van der Waals surface area contributed by atoms with E-state index in [1.54, 1.807) is 6.08 Å². The van der Waals surface area contributed by atoms with Crippen LogP contribution in [0, 0.1) is 0 Å². The maximum absolute atomic E-state index is 12.5. The molecule has 0 aliphatic heterocycles. The first-order valence-corrected chi connectivity index (χ1v) is 20.9. The summed E-state index contributed by atoms with van der Waals surface area (Å²) in [5, 5.41) is 23.2. The van der Waals surface area contributed by atoms with Gasteiger partial charge in [-0.05, 0) is 51.4 Å². The SMILES string of the molecule is CCCCCCCC/C=C/C(O)C(CS(=O)(=O)O)NC(=O)C(O)CCCCCCCC/C=C\C/C=C\CCCCCCCCCCC. The van der Waals surface area contributed by atoms with Crippen LogP contribution < -0.4 is 5.32 Å². The van der Waals surface area contributed by atoms with Crippen molar-refractivity contribution in [1.29, 1.82) is 0 Å². The molecule has 276 valence electrons. The minimum atomic E-state index is -4.43. The number of rotatable bonds is 34. The number of unbranched alkanes of at least 4 members (excludes halogenated alkanes) is 21. The predicted molar refractivity (Wildman–Crippen MR) is 199 cm³/mol. The number of hydrogen-bond donors (Lipinski definition) is 4. The summed E-state index contributed by atoms with van der Waals surface area (Å²) in [5.41, 5.74) is 0. The summed E-state index contributed by atoms with van der Waals surface area (Å²) in [5.74, 6) is -1.55. The summed E-state index contributed by atoms with van der Waals surface area (Å²) < 4.78 is 32.3. The molecule has 1 amide bonds. The average Bonchev–Trinajstić information content (AvgIpc) is 3.03. The van der Waals surface area contributed by atoms with Crippen molar-refractivity contribution < 1.29 is 28.0 Å². The van der Waals surface area contributed by atoms with Crippen molar-refractivity contribution in [1.82, 2.24) is 5.32 Å². The molecule has 0 saturated heterocycles. The Morgan fingerprint density at radius 1 is 0.596 bits per heavy atom. The molecule has 3 atom stereocenters. The molecule has 4 N–H and O–H groups in total. The summed E-state index contributed by atoms with van der Waals surface area (Å²) in [4.78, 5) is 12.5. The van der Waals surface area contributed by atoms with Gasteiger partial charge in [0.15, 0.2) is 0 Å². The summed E-state index contributed by atoms with van der Waals surface area (Å²) in [6.07, 6.45) is 39.4. The third kappa shape index (κ3) is 32.8. The zero-order valence-corrected chi connectivity index (χ0v) is 31.1. The molecule has 0 heterocycles. The Bertz CT molecular complexity index is 901. The third-order valence-electron chi connectivity index (χ3n) is 8.67. The fourth-order valence-electron chi connectivity index (χ4n) is 5.66. The Kier molecular flexibility index (Phi) is 32.0. The lowest BCUT2D eigenvalue weighted by Crippen LogP contribution is -2.50. The number of aliphatic hydroxyl groups excluding tert-OH is 2. The molecule has 0 aliphatic carbocycles. The third-order valence-corrected chi connectivity index (χ3v) is 9.45. The molecule has 0 aliphatic rings. The van der Waals surface area contributed by atoms with Gasteiger partial charge in [-0.1, -0.05) is 166 Å². The van der Waals surface area contributed by atoms with E-state index in [-0.39, 0.29) is 6.42 Å². The number of amides is 1. The van der Waals surface area contributed by atoms with Crippen LogP contribution in [0.3, 0.4) is 0 Å². The van der Waals surface area contributed by atoms with E-state index < -0.39 is 40.0 Å². The first-order chi connectivity index (χ1) is 22.7. The van der Waals surface area contributed by atoms with E-state index in [0.29, 0.717) is 6.42 Å². The highest BCUT2D eigenvalue weighted by atomic mass is 32.2. The lowest BCUT2D eigenvalue weighted by molar-refractivity contribution is -0.130. The minimum Gasteiger partial charge on any atom is -0.387 e. The number of carbonyl (C=O) groups excluding carboxylic acids is 1. The van der Waals surface area contributed by atoms with Gasteiger partial charge in [0, 0.05) is 0 Å². The van der Waals surface area contributed by atoms with Gasteiger partial charge in [0.05, 0.1) is 17.9 Å². The molecule has 0 aromatic rings. The second kappa shape index (κ2) is 33.0. The van der Waals surface area contributed by atoms with E-state index in [4.69, 9.17) is 0 Å². The van der Waals surface area contributed by atoms with E-state index in [9.17, 15) is 28.0 Å². The van der Waals surface area contributed by atoms with Crippen molar-refractivity contribution in [3.05, 3.63) is 36.5 Å². The molecule has 0 aromatic heterocycles. The Labute approximate surface area is 289 Å². The normalized spacial score (nSPS) is 14.4. The predicted octanol–water partition coefficient (Wildman–Crippen LogP) is 9.93. The van der Waals surface area contributed by atoms with Crippen LogP contribution in [0.5, 0.6) is 0 Å². The molecule has 0 bridgehead atoms. The fraction of sp³-hybridized carbons (Fsp3) is 0.821. The van der Waals surface area contributed by atoms with Crippen LogP contribution in [0.25, 0.3) is 0 Å². The van der Waals surface area contributed by atoms with Crippen molar-refractivity contribution in [3.8, 4) is 0 Å². The Balaban J connectivity index is 3.96. The minimum absolute atomic E-state index is 0.268. The molecule has 0 saturated carbocycles. The summed E-state index contributed by atoms with van der Waals surface area (Å²) >= 11 is 0. The van der Waals surface area contributed by atoms with E-state index in [0.717, 1.165) is 64.2 Å². The standard InChI is InChI=1S/C39H73NO6S/c1-3-5-7-9-11-13-14-15-16-17-18-19-20-21-22-23-24-25-26-28-30-32-34-38(42)39(43)40-36(35-47(44,45)46)37(41)33-31-29-27-12-10-8-6-4-2/h18-19,21-22,31,33,36-38,41-42H,3-17,20,23-30,32,34-35H2,1-2H3,(H,40,43)(H,44,45,46)/b19-18-,22-21-,33-31+. The maximum atomic E-state index is 12.5. The zero-order chi connectivity index (χ0) is 34.9. The summed E-state index contributed by atoms with van der Waals surface area (Å²) in [7, 11) is -4.43. The van der Waals surface area contributed by atoms with Crippen LogP contribution in [0.4, 0.5) is 0 Å². The monoisotopic (exact) mass is 684 g/mol.